The number of hydrogen-bond donors (Lipinski definition) is 2. The third kappa shape index (κ3) is 5.73. The highest BCUT2D eigenvalue weighted by atomic mass is 35.5. The summed E-state index contributed by atoms with van der Waals surface area (Å²) in [5.74, 6) is 0.529. The zero-order valence-corrected chi connectivity index (χ0v) is 10.4. The number of benzene rings is 1. The standard InChI is InChI=1S/C11H16ClN.CH2O2/c1-9(7-8-13-2)10-5-3-4-6-11(10)12;2-1-3/h3-6,9,13H,7-8H2,1-2H3;1H,(H,2,3)/t9-;/m1./s1. The lowest BCUT2D eigenvalue weighted by atomic mass is 9.98. The van der Waals surface area contributed by atoms with E-state index in [-0.39, 0.29) is 6.47 Å². The van der Waals surface area contributed by atoms with Crippen molar-refractivity contribution in [1.29, 1.82) is 0 Å². The lowest BCUT2D eigenvalue weighted by Crippen LogP contribution is -2.10. The predicted molar refractivity (Wildman–Crippen MR) is 67.1 cm³/mol. The molecule has 90 valence electrons. The second-order valence-corrected chi connectivity index (χ2v) is 3.83. The van der Waals surface area contributed by atoms with Crippen LogP contribution in [0.5, 0.6) is 0 Å². The van der Waals surface area contributed by atoms with Gasteiger partial charge in [-0.25, -0.2) is 0 Å². The van der Waals surface area contributed by atoms with E-state index < -0.39 is 0 Å². The van der Waals surface area contributed by atoms with Crippen molar-refractivity contribution in [3.63, 3.8) is 0 Å². The molecular weight excluding hydrogens is 226 g/mol. The molecule has 2 N–H and O–H groups in total. The minimum Gasteiger partial charge on any atom is -0.483 e. The SMILES string of the molecule is CNCC[C@@H](C)c1ccccc1Cl.O=CO. The van der Waals surface area contributed by atoms with E-state index in [2.05, 4.69) is 18.3 Å². The highest BCUT2D eigenvalue weighted by molar-refractivity contribution is 6.31. The molecule has 0 aliphatic rings. The van der Waals surface area contributed by atoms with E-state index in [4.69, 9.17) is 21.5 Å². The lowest BCUT2D eigenvalue weighted by molar-refractivity contribution is -0.122. The summed E-state index contributed by atoms with van der Waals surface area (Å²) < 4.78 is 0. The maximum Gasteiger partial charge on any atom is 0.290 e. The summed E-state index contributed by atoms with van der Waals surface area (Å²) in [6, 6.07) is 8.06. The van der Waals surface area contributed by atoms with Crippen molar-refractivity contribution in [1.82, 2.24) is 5.32 Å². The molecule has 0 aromatic heterocycles. The first-order chi connectivity index (χ1) is 7.67. The summed E-state index contributed by atoms with van der Waals surface area (Å²) in [6.45, 7) is 2.99. The van der Waals surface area contributed by atoms with Crippen molar-refractivity contribution in [3.8, 4) is 0 Å². The maximum absolute atomic E-state index is 8.36. The Bertz CT molecular complexity index is 305. The maximum atomic E-state index is 8.36. The van der Waals surface area contributed by atoms with Gasteiger partial charge in [-0.15, -0.1) is 0 Å². The second kappa shape index (κ2) is 9.19. The fraction of sp³-hybridized carbons (Fsp3) is 0.417. The normalized spacial score (nSPS) is 11.2. The van der Waals surface area contributed by atoms with Gasteiger partial charge in [-0.3, -0.25) is 4.79 Å². The van der Waals surface area contributed by atoms with Crippen molar-refractivity contribution >= 4 is 18.1 Å². The Morgan fingerprint density at radius 1 is 1.50 bits per heavy atom. The Hall–Kier alpha value is -1.06. The molecule has 4 heteroatoms. The largest absolute Gasteiger partial charge is 0.483 e. The molecule has 0 amide bonds. The van der Waals surface area contributed by atoms with Crippen molar-refractivity contribution in [2.75, 3.05) is 13.6 Å². The molecule has 0 radical (unpaired) electrons. The van der Waals surface area contributed by atoms with Crippen molar-refractivity contribution in [2.45, 2.75) is 19.3 Å². The molecule has 0 unspecified atom stereocenters. The number of rotatable bonds is 4. The fourth-order valence-corrected chi connectivity index (χ4v) is 1.71. The molecule has 0 fully saturated rings. The van der Waals surface area contributed by atoms with Crippen LogP contribution >= 0.6 is 11.6 Å². The molecule has 0 bridgehead atoms. The van der Waals surface area contributed by atoms with Crippen LogP contribution in [0.1, 0.15) is 24.8 Å². The molecule has 0 aliphatic heterocycles. The third-order valence-electron chi connectivity index (χ3n) is 2.26. The summed E-state index contributed by atoms with van der Waals surface area (Å²) >= 11 is 6.08. The topological polar surface area (TPSA) is 49.3 Å². The average molecular weight is 244 g/mol. The van der Waals surface area contributed by atoms with Crippen LogP contribution in [-0.2, 0) is 4.79 Å². The molecule has 0 aliphatic carbocycles. The Labute approximate surface area is 101 Å². The van der Waals surface area contributed by atoms with E-state index in [0.29, 0.717) is 5.92 Å². The summed E-state index contributed by atoms with van der Waals surface area (Å²) in [5, 5.41) is 10.9. The van der Waals surface area contributed by atoms with Gasteiger partial charge in [0, 0.05) is 5.02 Å². The summed E-state index contributed by atoms with van der Waals surface area (Å²) in [4.78, 5) is 8.36. The molecule has 1 aromatic rings. The van der Waals surface area contributed by atoms with Crippen LogP contribution in [0.25, 0.3) is 0 Å². The zero-order valence-electron chi connectivity index (χ0n) is 9.61. The van der Waals surface area contributed by atoms with Crippen molar-refractivity contribution in [2.24, 2.45) is 0 Å². The van der Waals surface area contributed by atoms with E-state index >= 15 is 0 Å². The number of carbonyl (C=O) groups is 1. The second-order valence-electron chi connectivity index (χ2n) is 3.42. The Balaban J connectivity index is 0.000000673. The van der Waals surface area contributed by atoms with Crippen LogP contribution in [0.2, 0.25) is 5.02 Å². The van der Waals surface area contributed by atoms with Gasteiger partial charge >= 0.3 is 0 Å². The predicted octanol–water partition coefficient (Wildman–Crippen LogP) is 2.75. The smallest absolute Gasteiger partial charge is 0.290 e. The Morgan fingerprint density at radius 3 is 2.56 bits per heavy atom. The van der Waals surface area contributed by atoms with Crippen LogP contribution in [0.4, 0.5) is 0 Å². The molecule has 16 heavy (non-hydrogen) atoms. The van der Waals surface area contributed by atoms with E-state index in [1.165, 1.54) is 5.56 Å². The first-order valence-electron chi connectivity index (χ1n) is 5.14. The minimum absolute atomic E-state index is 0.250. The van der Waals surface area contributed by atoms with Gasteiger partial charge in [-0.05, 0) is 37.6 Å². The van der Waals surface area contributed by atoms with Gasteiger partial charge in [-0.2, -0.15) is 0 Å². The van der Waals surface area contributed by atoms with E-state index in [9.17, 15) is 0 Å². The summed E-state index contributed by atoms with van der Waals surface area (Å²) in [5.41, 5.74) is 1.25. The van der Waals surface area contributed by atoms with Crippen LogP contribution in [0.15, 0.2) is 24.3 Å². The molecule has 3 nitrogen and oxygen atoms in total. The van der Waals surface area contributed by atoms with Gasteiger partial charge < -0.3 is 10.4 Å². The Kier molecular flexibility index (Phi) is 8.58. The molecule has 0 spiro atoms. The van der Waals surface area contributed by atoms with Crippen LogP contribution < -0.4 is 5.32 Å². The molecular formula is C12H18ClNO2. The quantitative estimate of drug-likeness (QED) is 0.800. The highest BCUT2D eigenvalue weighted by Crippen LogP contribution is 2.25. The van der Waals surface area contributed by atoms with Gasteiger partial charge in [0.25, 0.3) is 6.47 Å². The van der Waals surface area contributed by atoms with Gasteiger partial charge in [-0.1, -0.05) is 36.7 Å². The third-order valence-corrected chi connectivity index (χ3v) is 2.61. The van der Waals surface area contributed by atoms with Crippen molar-refractivity contribution < 1.29 is 9.90 Å². The first kappa shape index (κ1) is 14.9. The highest BCUT2D eigenvalue weighted by Gasteiger charge is 2.07. The van der Waals surface area contributed by atoms with E-state index in [0.717, 1.165) is 18.0 Å². The molecule has 1 rings (SSSR count). The lowest BCUT2D eigenvalue weighted by Gasteiger charge is -2.12. The first-order valence-corrected chi connectivity index (χ1v) is 5.52. The van der Waals surface area contributed by atoms with Gasteiger partial charge in [0.15, 0.2) is 0 Å². The van der Waals surface area contributed by atoms with Gasteiger partial charge in [0.05, 0.1) is 0 Å². The van der Waals surface area contributed by atoms with Gasteiger partial charge in [0.1, 0.15) is 0 Å². The summed E-state index contributed by atoms with van der Waals surface area (Å²) in [7, 11) is 1.97. The average Bonchev–Trinajstić information content (AvgIpc) is 2.27. The van der Waals surface area contributed by atoms with E-state index in [1.807, 2.05) is 25.2 Å². The molecule has 1 aromatic carbocycles. The van der Waals surface area contributed by atoms with E-state index in [1.54, 1.807) is 0 Å². The molecule has 1 atom stereocenters. The fourth-order valence-electron chi connectivity index (χ4n) is 1.39. The van der Waals surface area contributed by atoms with Gasteiger partial charge in [0.2, 0.25) is 0 Å². The van der Waals surface area contributed by atoms with Crippen molar-refractivity contribution in [3.05, 3.63) is 34.9 Å². The minimum atomic E-state index is -0.250. The molecule has 0 heterocycles. The van der Waals surface area contributed by atoms with Crippen LogP contribution in [0.3, 0.4) is 0 Å². The molecule has 0 saturated heterocycles. The number of hydrogen-bond acceptors (Lipinski definition) is 2. The zero-order chi connectivity index (χ0) is 12.4. The number of nitrogens with one attached hydrogen (secondary N) is 1. The molecule has 0 saturated carbocycles. The Morgan fingerprint density at radius 2 is 2.06 bits per heavy atom. The van der Waals surface area contributed by atoms with Crippen LogP contribution in [-0.4, -0.2) is 25.2 Å². The summed E-state index contributed by atoms with van der Waals surface area (Å²) in [6.07, 6.45) is 1.13. The monoisotopic (exact) mass is 243 g/mol. The number of halogens is 1. The van der Waals surface area contributed by atoms with Crippen LogP contribution in [0, 0.1) is 0 Å². The number of carboxylic acid groups (broad SMARTS) is 1.